The van der Waals surface area contributed by atoms with E-state index in [9.17, 15) is 4.39 Å². The second-order valence-corrected chi connectivity index (χ2v) is 5.38. The first-order valence-electron chi connectivity index (χ1n) is 6.46. The van der Waals surface area contributed by atoms with E-state index in [1.165, 1.54) is 18.9 Å². The van der Waals surface area contributed by atoms with Gasteiger partial charge >= 0.3 is 0 Å². The number of anilines is 1. The Kier molecular flexibility index (Phi) is 4.71. The van der Waals surface area contributed by atoms with Crippen molar-refractivity contribution < 1.29 is 9.13 Å². The lowest BCUT2D eigenvalue weighted by Gasteiger charge is -2.22. The number of hydrogen-bond donors (Lipinski definition) is 1. The molecule has 2 N–H and O–H groups in total. The van der Waals surface area contributed by atoms with Crippen molar-refractivity contribution in [2.45, 2.75) is 12.8 Å². The average Bonchev–Trinajstić information content (AvgIpc) is 3.17. The van der Waals surface area contributed by atoms with Crippen LogP contribution in [0.1, 0.15) is 18.4 Å². The summed E-state index contributed by atoms with van der Waals surface area (Å²) < 4.78 is 19.3. The molecule has 1 aliphatic rings. The standard InChI is InChI=1S/C14H19FN2OS/c1-17(7-8-18-9-10-5-6-10)12-4-2-3-11(15)13(12)14(16)19/h2-4,10H,5-9H2,1H3,(H2,16,19). The maximum atomic E-state index is 13.7. The molecule has 0 amide bonds. The van der Waals surface area contributed by atoms with Crippen LogP contribution in [0.3, 0.4) is 0 Å². The van der Waals surface area contributed by atoms with Crippen LogP contribution in [0.15, 0.2) is 18.2 Å². The van der Waals surface area contributed by atoms with Crippen LogP contribution in [0, 0.1) is 11.7 Å². The summed E-state index contributed by atoms with van der Waals surface area (Å²) in [5.41, 5.74) is 6.61. The lowest BCUT2D eigenvalue weighted by atomic mass is 10.1. The van der Waals surface area contributed by atoms with Gasteiger partial charge in [-0.05, 0) is 30.9 Å². The first kappa shape index (κ1) is 14.2. The summed E-state index contributed by atoms with van der Waals surface area (Å²) in [6.45, 7) is 2.14. The molecule has 0 unspecified atom stereocenters. The summed E-state index contributed by atoms with van der Waals surface area (Å²) >= 11 is 4.91. The summed E-state index contributed by atoms with van der Waals surface area (Å²) in [7, 11) is 1.89. The largest absolute Gasteiger partial charge is 0.389 e. The monoisotopic (exact) mass is 282 g/mol. The number of nitrogens with two attached hydrogens (primary N) is 1. The van der Waals surface area contributed by atoms with Gasteiger partial charge < -0.3 is 15.4 Å². The van der Waals surface area contributed by atoms with E-state index in [0.29, 0.717) is 24.4 Å². The molecule has 1 aromatic carbocycles. The molecule has 2 rings (SSSR count). The van der Waals surface area contributed by atoms with Crippen LogP contribution in [0.25, 0.3) is 0 Å². The van der Waals surface area contributed by atoms with Crippen LogP contribution < -0.4 is 10.6 Å². The molecule has 19 heavy (non-hydrogen) atoms. The van der Waals surface area contributed by atoms with Crippen molar-refractivity contribution in [3.05, 3.63) is 29.6 Å². The minimum atomic E-state index is -0.379. The molecule has 104 valence electrons. The van der Waals surface area contributed by atoms with E-state index in [2.05, 4.69) is 0 Å². The number of rotatable bonds is 7. The molecule has 0 spiro atoms. The summed E-state index contributed by atoms with van der Waals surface area (Å²) in [6, 6.07) is 4.85. The highest BCUT2D eigenvalue weighted by Gasteiger charge is 2.21. The van der Waals surface area contributed by atoms with Gasteiger partial charge in [-0.1, -0.05) is 18.3 Å². The van der Waals surface area contributed by atoms with Crippen molar-refractivity contribution in [3.8, 4) is 0 Å². The van der Waals surface area contributed by atoms with Crippen molar-refractivity contribution in [1.29, 1.82) is 0 Å². The Morgan fingerprint density at radius 2 is 2.26 bits per heavy atom. The van der Waals surface area contributed by atoms with Gasteiger partial charge in [0.1, 0.15) is 10.8 Å². The second kappa shape index (κ2) is 6.30. The van der Waals surface area contributed by atoms with Crippen molar-refractivity contribution in [1.82, 2.24) is 0 Å². The zero-order valence-corrected chi connectivity index (χ0v) is 11.9. The molecule has 0 heterocycles. The molecule has 5 heteroatoms. The lowest BCUT2D eigenvalue weighted by molar-refractivity contribution is 0.131. The third-order valence-electron chi connectivity index (χ3n) is 3.27. The van der Waals surface area contributed by atoms with E-state index >= 15 is 0 Å². The molecular weight excluding hydrogens is 263 g/mol. The Bertz CT molecular complexity index is 463. The number of ether oxygens (including phenoxy) is 1. The molecular formula is C14H19FN2OS. The Morgan fingerprint density at radius 1 is 1.53 bits per heavy atom. The number of hydrogen-bond acceptors (Lipinski definition) is 3. The van der Waals surface area contributed by atoms with Crippen LogP contribution in [-0.4, -0.2) is 31.8 Å². The number of thiocarbonyl (C=S) groups is 1. The lowest BCUT2D eigenvalue weighted by Crippen LogP contribution is -2.26. The fourth-order valence-corrected chi connectivity index (χ4v) is 2.13. The number of benzene rings is 1. The molecule has 0 aromatic heterocycles. The van der Waals surface area contributed by atoms with Crippen molar-refractivity contribution in [2.24, 2.45) is 11.7 Å². The maximum absolute atomic E-state index is 13.7. The fraction of sp³-hybridized carbons (Fsp3) is 0.500. The quantitative estimate of drug-likeness (QED) is 0.615. The van der Waals surface area contributed by atoms with Crippen molar-refractivity contribution >= 4 is 22.9 Å². The average molecular weight is 282 g/mol. The molecule has 0 bridgehead atoms. The van der Waals surface area contributed by atoms with Gasteiger partial charge in [0, 0.05) is 25.9 Å². The molecule has 0 saturated heterocycles. The minimum absolute atomic E-state index is 0.0823. The smallest absolute Gasteiger partial charge is 0.135 e. The third kappa shape index (κ3) is 3.88. The second-order valence-electron chi connectivity index (χ2n) is 4.94. The summed E-state index contributed by atoms with van der Waals surface area (Å²) in [5.74, 6) is 0.377. The molecule has 1 aliphatic carbocycles. The topological polar surface area (TPSA) is 38.5 Å². The van der Waals surface area contributed by atoms with Gasteiger partial charge in [-0.25, -0.2) is 4.39 Å². The van der Waals surface area contributed by atoms with E-state index in [0.717, 1.165) is 12.5 Å². The summed E-state index contributed by atoms with van der Waals surface area (Å²) in [5, 5.41) is 0. The molecule has 1 saturated carbocycles. The normalized spacial score (nSPS) is 14.4. The zero-order valence-electron chi connectivity index (χ0n) is 11.1. The van der Waals surface area contributed by atoms with E-state index in [-0.39, 0.29) is 10.8 Å². The van der Waals surface area contributed by atoms with Gasteiger partial charge in [-0.15, -0.1) is 0 Å². The highest BCUT2D eigenvalue weighted by atomic mass is 32.1. The van der Waals surface area contributed by atoms with E-state index in [1.54, 1.807) is 6.07 Å². The maximum Gasteiger partial charge on any atom is 0.135 e. The molecule has 1 fully saturated rings. The van der Waals surface area contributed by atoms with E-state index in [4.69, 9.17) is 22.7 Å². The van der Waals surface area contributed by atoms with Gasteiger partial charge in [0.25, 0.3) is 0 Å². The summed E-state index contributed by atoms with van der Waals surface area (Å²) in [6.07, 6.45) is 2.57. The van der Waals surface area contributed by atoms with Gasteiger partial charge in [-0.2, -0.15) is 0 Å². The van der Waals surface area contributed by atoms with Crippen molar-refractivity contribution in [2.75, 3.05) is 31.7 Å². The Labute approximate surface area is 118 Å². The van der Waals surface area contributed by atoms with E-state index in [1.807, 2.05) is 18.0 Å². The predicted molar refractivity (Wildman–Crippen MR) is 79.1 cm³/mol. The van der Waals surface area contributed by atoms with Crippen LogP contribution in [0.5, 0.6) is 0 Å². The molecule has 0 aliphatic heterocycles. The highest BCUT2D eigenvalue weighted by Crippen LogP contribution is 2.28. The van der Waals surface area contributed by atoms with Gasteiger partial charge in [0.15, 0.2) is 0 Å². The Morgan fingerprint density at radius 3 is 2.89 bits per heavy atom. The van der Waals surface area contributed by atoms with Gasteiger partial charge in [0.05, 0.1) is 12.2 Å². The molecule has 0 atom stereocenters. The minimum Gasteiger partial charge on any atom is -0.389 e. The number of nitrogens with zero attached hydrogens (tertiary/aromatic N) is 1. The summed E-state index contributed by atoms with van der Waals surface area (Å²) in [4.78, 5) is 2.00. The number of halogens is 1. The van der Waals surface area contributed by atoms with Gasteiger partial charge in [0.2, 0.25) is 0 Å². The van der Waals surface area contributed by atoms with Crippen LogP contribution in [0.4, 0.5) is 10.1 Å². The predicted octanol–water partition coefficient (Wildman–Crippen LogP) is 2.32. The number of likely N-dealkylation sites (N-methyl/N-ethyl adjacent to an activating group) is 1. The van der Waals surface area contributed by atoms with Gasteiger partial charge in [-0.3, -0.25) is 0 Å². The van der Waals surface area contributed by atoms with Crippen LogP contribution in [0.2, 0.25) is 0 Å². The molecule has 1 aromatic rings. The Hall–Kier alpha value is -1.20. The molecule has 0 radical (unpaired) electrons. The fourth-order valence-electron chi connectivity index (χ4n) is 1.93. The van der Waals surface area contributed by atoms with Crippen LogP contribution in [-0.2, 0) is 4.74 Å². The highest BCUT2D eigenvalue weighted by molar-refractivity contribution is 7.80. The van der Waals surface area contributed by atoms with E-state index < -0.39 is 0 Å². The third-order valence-corrected chi connectivity index (χ3v) is 3.47. The van der Waals surface area contributed by atoms with Crippen molar-refractivity contribution in [3.63, 3.8) is 0 Å². The first-order valence-corrected chi connectivity index (χ1v) is 6.87. The SMILES string of the molecule is CN(CCOCC1CC1)c1cccc(F)c1C(N)=S. The Balaban J connectivity index is 1.95. The molecule has 3 nitrogen and oxygen atoms in total. The van der Waals surface area contributed by atoms with Crippen LogP contribution >= 0.6 is 12.2 Å². The first-order chi connectivity index (χ1) is 9.09. The zero-order chi connectivity index (χ0) is 13.8.